The minimum atomic E-state index is -0.116. The van der Waals surface area contributed by atoms with Gasteiger partial charge in [0.2, 0.25) is 0 Å². The molecule has 226 valence electrons. The lowest BCUT2D eigenvalue weighted by Crippen LogP contribution is -2.35. The van der Waals surface area contributed by atoms with Crippen LogP contribution in [0.2, 0.25) is 0 Å². The van der Waals surface area contributed by atoms with Crippen LogP contribution in [0.25, 0.3) is 11.4 Å². The van der Waals surface area contributed by atoms with Gasteiger partial charge in [-0.15, -0.1) is 0 Å². The summed E-state index contributed by atoms with van der Waals surface area (Å²) in [6.07, 6.45) is 8.40. The molecular formula is C34H48N6O2. The predicted molar refractivity (Wildman–Crippen MR) is 169 cm³/mol. The topological polar surface area (TPSA) is 86.3 Å². The van der Waals surface area contributed by atoms with Gasteiger partial charge in [-0.1, -0.05) is 66.2 Å². The van der Waals surface area contributed by atoms with E-state index in [1.54, 1.807) is 6.07 Å². The van der Waals surface area contributed by atoms with Crippen molar-refractivity contribution >= 4 is 29.0 Å². The summed E-state index contributed by atoms with van der Waals surface area (Å²) in [5.41, 5.74) is 4.39. The van der Waals surface area contributed by atoms with E-state index in [-0.39, 0.29) is 11.8 Å². The predicted octanol–water partition coefficient (Wildman–Crippen LogP) is 6.52. The molecule has 0 aromatic carbocycles. The molecule has 0 saturated heterocycles. The molecule has 1 N–H and O–H groups in total. The van der Waals surface area contributed by atoms with Gasteiger partial charge >= 0.3 is 0 Å². The van der Waals surface area contributed by atoms with Crippen molar-refractivity contribution in [3.63, 3.8) is 0 Å². The van der Waals surface area contributed by atoms with Crippen molar-refractivity contribution in [2.75, 3.05) is 25.5 Å². The van der Waals surface area contributed by atoms with E-state index in [4.69, 9.17) is 0 Å². The molecule has 0 aliphatic carbocycles. The minimum Gasteiger partial charge on any atom is -0.375 e. The molecule has 2 unspecified atom stereocenters. The van der Waals surface area contributed by atoms with Crippen molar-refractivity contribution in [3.8, 4) is 6.07 Å². The second-order valence-electron chi connectivity index (χ2n) is 11.8. The Morgan fingerprint density at radius 1 is 0.762 bits per heavy atom. The number of rotatable bonds is 15. The number of aromatic nitrogens is 2. The van der Waals surface area contributed by atoms with Crippen LogP contribution in [0.5, 0.6) is 0 Å². The van der Waals surface area contributed by atoms with E-state index in [2.05, 4.69) is 39.1 Å². The third-order valence-corrected chi connectivity index (χ3v) is 9.25. The van der Waals surface area contributed by atoms with Gasteiger partial charge in [-0.25, -0.2) is 0 Å². The molecule has 0 fully saturated rings. The molecule has 4 heterocycles. The van der Waals surface area contributed by atoms with E-state index in [1.165, 1.54) is 0 Å². The molecule has 2 aromatic rings. The van der Waals surface area contributed by atoms with Gasteiger partial charge < -0.3 is 24.3 Å². The standard InChI is InChI=1S/C34H48N6O2/c1-8-12-14-23(10-3)21-39-31(26-17-16-25(20-35)37(26)6)29-30(34(39)42)32(27-18-19-28(36-5)38(27)7)40(33(29)41)22-24(11-4)15-13-9-2/h16-19,23-24,36H,8-15,21-22H2,1-7H3. The largest absolute Gasteiger partial charge is 0.375 e. The molecule has 0 bridgehead atoms. The first kappa shape index (κ1) is 31.2. The average molecular weight is 573 g/mol. The molecule has 2 aliphatic rings. The van der Waals surface area contributed by atoms with Crippen molar-refractivity contribution in [1.29, 1.82) is 5.26 Å². The summed E-state index contributed by atoms with van der Waals surface area (Å²) < 4.78 is 3.84. The van der Waals surface area contributed by atoms with Crippen molar-refractivity contribution in [3.05, 3.63) is 52.5 Å². The SMILES string of the molecule is CCCCC(CC)CN1C(=O)C2=C(c3ccc(NC)n3C)N(CC(CC)CCCC)C(=O)C2=C1c1ccc(C#N)n1C. The van der Waals surface area contributed by atoms with Gasteiger partial charge in [-0.05, 0) is 48.9 Å². The van der Waals surface area contributed by atoms with Gasteiger partial charge in [0.05, 0.1) is 33.9 Å². The number of amides is 2. The third-order valence-electron chi connectivity index (χ3n) is 9.25. The molecule has 0 spiro atoms. The van der Waals surface area contributed by atoms with E-state index < -0.39 is 0 Å². The number of anilines is 1. The number of carbonyl (C=O) groups is 2. The van der Waals surface area contributed by atoms with Crippen molar-refractivity contribution in [2.45, 2.75) is 79.1 Å². The molecule has 4 rings (SSSR count). The fraction of sp³-hybridized carbons (Fsp3) is 0.559. The summed E-state index contributed by atoms with van der Waals surface area (Å²) >= 11 is 0. The smallest absolute Gasteiger partial charge is 0.261 e. The number of carbonyl (C=O) groups excluding carboxylic acids is 2. The Morgan fingerprint density at radius 3 is 1.62 bits per heavy atom. The highest BCUT2D eigenvalue weighted by Gasteiger charge is 2.50. The van der Waals surface area contributed by atoms with Crippen LogP contribution >= 0.6 is 0 Å². The number of nitrogens with one attached hydrogen (secondary N) is 1. The molecular weight excluding hydrogens is 524 g/mol. The monoisotopic (exact) mass is 572 g/mol. The van der Waals surface area contributed by atoms with Gasteiger partial charge in [-0.2, -0.15) is 5.26 Å². The Hall–Kier alpha value is -3.73. The van der Waals surface area contributed by atoms with Crippen LogP contribution in [-0.4, -0.2) is 50.9 Å². The quantitative estimate of drug-likeness (QED) is 0.263. The Morgan fingerprint density at radius 2 is 1.24 bits per heavy atom. The lowest BCUT2D eigenvalue weighted by atomic mass is 9.98. The second kappa shape index (κ2) is 13.5. The highest BCUT2D eigenvalue weighted by Crippen LogP contribution is 2.48. The fourth-order valence-corrected chi connectivity index (χ4v) is 6.49. The van der Waals surface area contributed by atoms with Crippen LogP contribution in [0.1, 0.15) is 96.1 Å². The van der Waals surface area contributed by atoms with Gasteiger partial charge in [0.15, 0.2) is 0 Å². The van der Waals surface area contributed by atoms with E-state index in [0.717, 1.165) is 68.6 Å². The number of hydrogen-bond acceptors (Lipinski definition) is 4. The highest BCUT2D eigenvalue weighted by molar-refractivity contribution is 6.30. The molecule has 2 amide bonds. The molecule has 42 heavy (non-hydrogen) atoms. The molecule has 2 aromatic heterocycles. The van der Waals surface area contributed by atoms with E-state index in [0.29, 0.717) is 53.2 Å². The van der Waals surface area contributed by atoms with Crippen molar-refractivity contribution < 1.29 is 9.59 Å². The Balaban J connectivity index is 1.96. The third kappa shape index (κ3) is 5.54. The first-order valence-electron chi connectivity index (χ1n) is 15.8. The summed E-state index contributed by atoms with van der Waals surface area (Å²) in [5.74, 6) is 1.33. The molecule has 0 saturated carbocycles. The molecule has 8 heteroatoms. The zero-order valence-corrected chi connectivity index (χ0v) is 26.6. The summed E-state index contributed by atoms with van der Waals surface area (Å²) in [6.45, 7) is 9.86. The zero-order valence-electron chi connectivity index (χ0n) is 26.6. The van der Waals surface area contributed by atoms with Crippen LogP contribution in [0.15, 0.2) is 35.4 Å². The first-order valence-corrected chi connectivity index (χ1v) is 15.8. The van der Waals surface area contributed by atoms with E-state index in [1.807, 2.05) is 58.3 Å². The second-order valence-corrected chi connectivity index (χ2v) is 11.8. The summed E-state index contributed by atoms with van der Waals surface area (Å²) in [6, 6.07) is 9.90. The molecule has 2 atom stereocenters. The maximum absolute atomic E-state index is 14.6. The van der Waals surface area contributed by atoms with Crippen LogP contribution in [-0.2, 0) is 23.7 Å². The van der Waals surface area contributed by atoms with Crippen molar-refractivity contribution in [2.24, 2.45) is 25.9 Å². The Kier molecular flexibility index (Phi) is 10.0. The number of unbranched alkanes of at least 4 members (excludes halogenated alkanes) is 2. The molecule has 0 radical (unpaired) electrons. The lowest BCUT2D eigenvalue weighted by Gasteiger charge is -2.29. The van der Waals surface area contributed by atoms with Gasteiger partial charge in [0.1, 0.15) is 17.6 Å². The molecule has 2 aliphatic heterocycles. The highest BCUT2D eigenvalue weighted by atomic mass is 16.2. The van der Waals surface area contributed by atoms with E-state index >= 15 is 0 Å². The number of hydrogen-bond donors (Lipinski definition) is 1. The maximum atomic E-state index is 14.6. The van der Waals surface area contributed by atoms with Crippen LogP contribution in [0.3, 0.4) is 0 Å². The fourth-order valence-electron chi connectivity index (χ4n) is 6.49. The van der Waals surface area contributed by atoms with Crippen LogP contribution in [0, 0.1) is 23.2 Å². The summed E-state index contributed by atoms with van der Waals surface area (Å²) in [4.78, 5) is 33.0. The number of nitriles is 1. The first-order chi connectivity index (χ1) is 20.3. The van der Waals surface area contributed by atoms with Crippen LogP contribution < -0.4 is 5.32 Å². The van der Waals surface area contributed by atoms with Gasteiger partial charge in [0, 0.05) is 34.2 Å². The number of fused-ring (bicyclic) bond motifs is 1. The minimum absolute atomic E-state index is 0.116. The Bertz CT molecular complexity index is 1420. The average Bonchev–Trinajstić information content (AvgIpc) is 3.70. The van der Waals surface area contributed by atoms with Crippen molar-refractivity contribution in [1.82, 2.24) is 18.9 Å². The lowest BCUT2D eigenvalue weighted by molar-refractivity contribution is -0.124. The van der Waals surface area contributed by atoms with Gasteiger partial charge in [0.25, 0.3) is 11.8 Å². The van der Waals surface area contributed by atoms with E-state index in [9.17, 15) is 14.9 Å². The number of nitrogens with zero attached hydrogens (tertiary/aromatic N) is 5. The maximum Gasteiger partial charge on any atom is 0.261 e. The van der Waals surface area contributed by atoms with Crippen LogP contribution in [0.4, 0.5) is 5.82 Å². The van der Waals surface area contributed by atoms with Gasteiger partial charge in [-0.3, -0.25) is 9.59 Å². The zero-order chi connectivity index (χ0) is 30.6. The summed E-state index contributed by atoms with van der Waals surface area (Å²) in [7, 11) is 5.69. The Labute approximate surface area is 251 Å². The summed E-state index contributed by atoms with van der Waals surface area (Å²) in [5, 5.41) is 13.0. The normalized spacial score (nSPS) is 16.5. The molecule has 8 nitrogen and oxygen atoms in total.